The van der Waals surface area contributed by atoms with Gasteiger partial charge in [0.2, 0.25) is 0 Å². The predicted molar refractivity (Wildman–Crippen MR) is 63.1 cm³/mol. The van der Waals surface area contributed by atoms with Crippen molar-refractivity contribution in [3.05, 3.63) is 54.1 Å². The molecule has 2 aromatic rings. The molecule has 0 amide bonds. The van der Waals surface area contributed by atoms with Crippen LogP contribution in [0, 0.1) is 0 Å². The van der Waals surface area contributed by atoms with Crippen LogP contribution >= 0.6 is 0 Å². The molecule has 0 saturated carbocycles. The van der Waals surface area contributed by atoms with Crippen molar-refractivity contribution >= 4 is 17.3 Å². The van der Waals surface area contributed by atoms with Crippen LogP contribution in [0.3, 0.4) is 0 Å². The topological polar surface area (TPSA) is 85.1 Å². The molecule has 0 saturated heterocycles. The van der Waals surface area contributed by atoms with Gasteiger partial charge in [-0.3, -0.25) is 0 Å². The summed E-state index contributed by atoms with van der Waals surface area (Å²) in [4.78, 5) is 10.7. The van der Waals surface area contributed by atoms with Crippen molar-refractivity contribution in [1.29, 1.82) is 0 Å². The molecule has 0 spiro atoms. The molecular formula is C13H9N2NaO3. The van der Waals surface area contributed by atoms with E-state index < -0.39 is 5.97 Å². The molecule has 19 heavy (non-hydrogen) atoms. The fourth-order valence-electron chi connectivity index (χ4n) is 1.33. The molecule has 0 heterocycles. The number of aromatic carboxylic acids is 1. The largest absolute Gasteiger partial charge is 1.00 e. The smallest absolute Gasteiger partial charge is 0.545 e. The molecule has 0 aliphatic rings. The zero-order valence-electron chi connectivity index (χ0n) is 10.3. The maximum atomic E-state index is 10.7. The summed E-state index contributed by atoms with van der Waals surface area (Å²) in [5.74, 6) is -1.11. The molecule has 5 nitrogen and oxygen atoms in total. The van der Waals surface area contributed by atoms with Crippen molar-refractivity contribution in [3.8, 4) is 5.75 Å². The number of hydrogen-bond acceptors (Lipinski definition) is 5. The molecule has 0 radical (unpaired) electrons. The summed E-state index contributed by atoms with van der Waals surface area (Å²) in [6.07, 6.45) is 0. The zero-order chi connectivity index (χ0) is 13.0. The van der Waals surface area contributed by atoms with Crippen molar-refractivity contribution in [2.75, 3.05) is 0 Å². The molecule has 0 atom stereocenters. The van der Waals surface area contributed by atoms with Gasteiger partial charge in [0.15, 0.2) is 0 Å². The first-order chi connectivity index (χ1) is 8.65. The molecular weight excluding hydrogens is 255 g/mol. The second-order valence-electron chi connectivity index (χ2n) is 3.55. The number of carbonyl (C=O) groups excluding carboxylic acids is 1. The van der Waals surface area contributed by atoms with Gasteiger partial charge >= 0.3 is 29.6 Å². The normalized spacial score (nSPS) is 10.1. The van der Waals surface area contributed by atoms with E-state index in [4.69, 9.17) is 5.11 Å². The molecule has 0 aromatic heterocycles. The molecule has 0 bridgehead atoms. The van der Waals surface area contributed by atoms with Crippen molar-refractivity contribution in [1.82, 2.24) is 0 Å². The van der Waals surface area contributed by atoms with Crippen molar-refractivity contribution in [3.63, 3.8) is 0 Å². The summed E-state index contributed by atoms with van der Waals surface area (Å²) >= 11 is 0. The summed E-state index contributed by atoms with van der Waals surface area (Å²) < 4.78 is 0. The number of benzene rings is 2. The van der Waals surface area contributed by atoms with E-state index in [0.29, 0.717) is 11.4 Å². The first-order valence-electron chi connectivity index (χ1n) is 5.17. The van der Waals surface area contributed by atoms with Crippen molar-refractivity contribution in [2.45, 2.75) is 0 Å². The molecule has 90 valence electrons. The molecule has 0 fully saturated rings. The summed E-state index contributed by atoms with van der Waals surface area (Å²) in [6, 6.07) is 12.2. The predicted octanol–water partition coefficient (Wildman–Crippen LogP) is -0.825. The Labute approximate surface area is 131 Å². The van der Waals surface area contributed by atoms with Crippen LogP contribution in [0.2, 0.25) is 0 Å². The third-order valence-corrected chi connectivity index (χ3v) is 2.21. The second-order valence-corrected chi connectivity index (χ2v) is 3.55. The van der Waals surface area contributed by atoms with Crippen LogP contribution in [0.5, 0.6) is 5.75 Å². The number of phenolic OH excluding ortho intramolecular Hbond substituents is 1. The maximum Gasteiger partial charge on any atom is 1.00 e. The van der Waals surface area contributed by atoms with Gasteiger partial charge in [-0.15, -0.1) is 0 Å². The number of hydrogen-bond donors (Lipinski definition) is 1. The minimum absolute atomic E-state index is 0. The van der Waals surface area contributed by atoms with Crippen LogP contribution in [0.25, 0.3) is 0 Å². The van der Waals surface area contributed by atoms with Crippen molar-refractivity contribution < 1.29 is 44.6 Å². The van der Waals surface area contributed by atoms with Gasteiger partial charge in [-0.2, -0.15) is 10.2 Å². The molecule has 0 aliphatic carbocycles. The van der Waals surface area contributed by atoms with Crippen molar-refractivity contribution in [2.24, 2.45) is 10.2 Å². The standard InChI is InChI=1S/C13H10N2O3.Na/c16-12-6-4-10(5-7-12)14-15-11-3-1-2-9(8-11)13(17)18;/h1-8,16H,(H,17,18);/q;+1/p-1. The van der Waals surface area contributed by atoms with E-state index in [0.717, 1.165) is 0 Å². The van der Waals surface area contributed by atoms with Crippen LogP contribution in [-0.4, -0.2) is 11.1 Å². The van der Waals surface area contributed by atoms with Gasteiger partial charge in [0.05, 0.1) is 17.3 Å². The van der Waals surface area contributed by atoms with E-state index in [-0.39, 0.29) is 40.9 Å². The number of aromatic hydroxyl groups is 1. The van der Waals surface area contributed by atoms with Crippen LogP contribution in [0.1, 0.15) is 10.4 Å². The average Bonchev–Trinajstić information content (AvgIpc) is 2.38. The van der Waals surface area contributed by atoms with Gasteiger partial charge in [-0.25, -0.2) is 0 Å². The van der Waals surface area contributed by atoms with E-state index >= 15 is 0 Å². The Balaban J connectivity index is 0.00000180. The third kappa shape index (κ3) is 4.48. The Hall–Kier alpha value is -1.69. The number of phenols is 1. The van der Waals surface area contributed by atoms with Crippen LogP contribution < -0.4 is 34.7 Å². The number of azo groups is 1. The van der Waals surface area contributed by atoms with Gasteiger partial charge in [0.1, 0.15) is 5.75 Å². The fourth-order valence-corrected chi connectivity index (χ4v) is 1.33. The number of carbonyl (C=O) groups is 1. The van der Waals surface area contributed by atoms with Crippen LogP contribution in [-0.2, 0) is 0 Å². The number of carboxylic acid groups (broad SMARTS) is 1. The Kier molecular flexibility index (Phi) is 5.69. The second kappa shape index (κ2) is 7.04. The van der Waals surface area contributed by atoms with Gasteiger partial charge in [0.25, 0.3) is 0 Å². The molecule has 6 heteroatoms. The van der Waals surface area contributed by atoms with E-state index in [9.17, 15) is 9.90 Å². The first kappa shape index (κ1) is 15.4. The maximum absolute atomic E-state index is 10.7. The summed E-state index contributed by atoms with van der Waals surface area (Å²) in [6.45, 7) is 0. The average molecular weight is 264 g/mol. The number of rotatable bonds is 3. The third-order valence-electron chi connectivity index (χ3n) is 2.21. The van der Waals surface area contributed by atoms with Gasteiger partial charge < -0.3 is 15.0 Å². The van der Waals surface area contributed by atoms with Crippen LogP contribution in [0.15, 0.2) is 58.8 Å². The zero-order valence-corrected chi connectivity index (χ0v) is 12.3. The van der Waals surface area contributed by atoms with Crippen LogP contribution in [0.4, 0.5) is 11.4 Å². The minimum atomic E-state index is -1.25. The van der Waals surface area contributed by atoms with Gasteiger partial charge in [-0.1, -0.05) is 12.1 Å². The van der Waals surface area contributed by atoms with Gasteiger partial charge in [-0.05, 0) is 42.0 Å². The Bertz CT molecular complexity index is 597. The van der Waals surface area contributed by atoms with E-state index in [1.807, 2.05) is 0 Å². The SMILES string of the molecule is O=C([O-])c1cccc(N=Nc2ccc(O)cc2)c1.[Na+]. The van der Waals surface area contributed by atoms with E-state index in [2.05, 4.69) is 10.2 Å². The minimum Gasteiger partial charge on any atom is -0.545 e. The monoisotopic (exact) mass is 264 g/mol. The van der Waals surface area contributed by atoms with E-state index in [1.54, 1.807) is 24.3 Å². The Morgan fingerprint density at radius 1 is 1.00 bits per heavy atom. The summed E-state index contributed by atoms with van der Waals surface area (Å²) in [5, 5.41) is 27.6. The molecule has 2 aromatic carbocycles. The van der Waals surface area contributed by atoms with E-state index in [1.165, 1.54) is 24.3 Å². The first-order valence-corrected chi connectivity index (χ1v) is 5.17. The fraction of sp³-hybridized carbons (Fsp3) is 0. The molecule has 1 N–H and O–H groups in total. The summed E-state index contributed by atoms with van der Waals surface area (Å²) in [7, 11) is 0. The molecule has 2 rings (SSSR count). The van der Waals surface area contributed by atoms with Gasteiger partial charge in [0, 0.05) is 0 Å². The summed E-state index contributed by atoms with van der Waals surface area (Å²) in [5.41, 5.74) is 1.04. The molecule has 0 aliphatic heterocycles. The Morgan fingerprint density at radius 3 is 2.26 bits per heavy atom. The quantitative estimate of drug-likeness (QED) is 0.580. The number of carboxylic acids is 1. The number of nitrogens with zero attached hydrogens (tertiary/aromatic N) is 2. The Morgan fingerprint density at radius 2 is 1.63 bits per heavy atom. The molecule has 0 unspecified atom stereocenters.